The molecule has 1 aromatic heterocycles. The summed E-state index contributed by atoms with van der Waals surface area (Å²) in [6.07, 6.45) is 6.89. The minimum absolute atomic E-state index is 0.210. The van der Waals surface area contributed by atoms with E-state index >= 15 is 0 Å². The van der Waals surface area contributed by atoms with Crippen molar-refractivity contribution in [2.24, 2.45) is 11.1 Å². The van der Waals surface area contributed by atoms with E-state index in [0.29, 0.717) is 18.1 Å². The summed E-state index contributed by atoms with van der Waals surface area (Å²) in [6, 6.07) is 5.79. The summed E-state index contributed by atoms with van der Waals surface area (Å²) in [7, 11) is 0. The van der Waals surface area contributed by atoms with Gasteiger partial charge in [0, 0.05) is 12.5 Å². The fourth-order valence-electron chi connectivity index (χ4n) is 3.46. The molecule has 2 aliphatic carbocycles. The second-order valence-corrected chi connectivity index (χ2v) is 6.47. The quantitative estimate of drug-likeness (QED) is 0.929. The molecule has 0 unspecified atom stereocenters. The highest BCUT2D eigenvalue weighted by Crippen LogP contribution is 2.45. The first-order valence-corrected chi connectivity index (χ1v) is 7.58. The Balaban J connectivity index is 1.81. The zero-order chi connectivity index (χ0) is 13.7. The molecule has 2 aliphatic rings. The molecule has 4 rings (SSSR count). The predicted octanol–water partition coefficient (Wildman–Crippen LogP) is 3.18. The molecule has 2 N–H and O–H groups in total. The van der Waals surface area contributed by atoms with Crippen molar-refractivity contribution in [3.05, 3.63) is 29.8 Å². The number of imidazole rings is 1. The smallest absolute Gasteiger partial charge is 0.151 e. The van der Waals surface area contributed by atoms with Crippen LogP contribution in [0.1, 0.15) is 44.0 Å². The highest BCUT2D eigenvalue weighted by atomic mass is 19.1. The van der Waals surface area contributed by atoms with Gasteiger partial charge in [-0.25, -0.2) is 9.37 Å². The zero-order valence-electron chi connectivity index (χ0n) is 11.6. The lowest BCUT2D eigenvalue weighted by Gasteiger charge is -2.40. The summed E-state index contributed by atoms with van der Waals surface area (Å²) >= 11 is 0. The Bertz CT molecular complexity index is 648. The van der Waals surface area contributed by atoms with Gasteiger partial charge in [0.2, 0.25) is 0 Å². The van der Waals surface area contributed by atoms with Crippen molar-refractivity contribution in [3.63, 3.8) is 0 Å². The van der Waals surface area contributed by atoms with Gasteiger partial charge in [-0.15, -0.1) is 0 Å². The number of aromatic nitrogens is 2. The fourth-order valence-corrected chi connectivity index (χ4v) is 3.46. The normalized spacial score (nSPS) is 21.1. The molecule has 1 heterocycles. The summed E-state index contributed by atoms with van der Waals surface area (Å²) in [6.45, 7) is 0.712. The van der Waals surface area contributed by atoms with Crippen LogP contribution in [0, 0.1) is 11.2 Å². The molecule has 0 aliphatic heterocycles. The van der Waals surface area contributed by atoms with Gasteiger partial charge in [-0.3, -0.25) is 0 Å². The van der Waals surface area contributed by atoms with Gasteiger partial charge in [0.25, 0.3) is 0 Å². The summed E-state index contributed by atoms with van der Waals surface area (Å²) < 4.78 is 16.2. The molecule has 2 aromatic rings. The van der Waals surface area contributed by atoms with Crippen LogP contribution in [0.15, 0.2) is 18.2 Å². The van der Waals surface area contributed by atoms with Crippen LogP contribution in [0.5, 0.6) is 0 Å². The minimum Gasteiger partial charge on any atom is -0.330 e. The van der Waals surface area contributed by atoms with Crippen molar-refractivity contribution >= 4 is 11.0 Å². The lowest BCUT2D eigenvalue weighted by Crippen LogP contribution is -2.39. The number of nitrogens with zero attached hydrogens (tertiary/aromatic N) is 2. The second-order valence-electron chi connectivity index (χ2n) is 6.47. The zero-order valence-corrected chi connectivity index (χ0v) is 11.6. The van der Waals surface area contributed by atoms with Gasteiger partial charge in [-0.2, -0.15) is 0 Å². The third-order valence-electron chi connectivity index (χ3n) is 5.04. The maximum absolute atomic E-state index is 14.0. The van der Waals surface area contributed by atoms with Gasteiger partial charge in [0.05, 0.1) is 5.52 Å². The number of hydrogen-bond acceptors (Lipinski definition) is 2. The van der Waals surface area contributed by atoms with Gasteiger partial charge >= 0.3 is 0 Å². The first-order chi connectivity index (χ1) is 9.72. The van der Waals surface area contributed by atoms with Crippen LogP contribution in [0.2, 0.25) is 0 Å². The predicted molar refractivity (Wildman–Crippen MR) is 77.0 cm³/mol. The number of benzene rings is 1. The highest BCUT2D eigenvalue weighted by molar-refractivity contribution is 5.77. The Morgan fingerprint density at radius 3 is 2.75 bits per heavy atom. The van der Waals surface area contributed by atoms with Crippen molar-refractivity contribution in [2.75, 3.05) is 6.54 Å². The molecule has 0 atom stereocenters. The molecular weight excluding hydrogens is 253 g/mol. The van der Waals surface area contributed by atoms with Gasteiger partial charge in [-0.05, 0) is 49.8 Å². The third kappa shape index (κ3) is 1.78. The van der Waals surface area contributed by atoms with Crippen LogP contribution < -0.4 is 5.73 Å². The van der Waals surface area contributed by atoms with Crippen LogP contribution >= 0.6 is 0 Å². The first kappa shape index (κ1) is 12.3. The van der Waals surface area contributed by atoms with Crippen molar-refractivity contribution < 1.29 is 4.39 Å². The number of halogens is 1. The Kier molecular flexibility index (Phi) is 2.64. The van der Waals surface area contributed by atoms with Gasteiger partial charge in [-0.1, -0.05) is 12.5 Å². The van der Waals surface area contributed by atoms with Gasteiger partial charge in [0.15, 0.2) is 5.82 Å². The van der Waals surface area contributed by atoms with Crippen molar-refractivity contribution in [3.8, 4) is 0 Å². The fraction of sp³-hybridized carbons (Fsp3) is 0.562. The Morgan fingerprint density at radius 1 is 1.35 bits per heavy atom. The maximum Gasteiger partial charge on any atom is 0.151 e. The molecule has 0 bridgehead atoms. The Hall–Kier alpha value is -1.42. The molecule has 4 heteroatoms. The van der Waals surface area contributed by atoms with Crippen LogP contribution in [-0.2, 0) is 6.42 Å². The molecule has 1 aromatic carbocycles. The molecule has 2 fully saturated rings. The molecule has 0 saturated heterocycles. The number of para-hydroxylation sites is 1. The molecule has 0 amide bonds. The molecule has 0 radical (unpaired) electrons. The van der Waals surface area contributed by atoms with Crippen molar-refractivity contribution in [1.29, 1.82) is 0 Å². The summed E-state index contributed by atoms with van der Waals surface area (Å²) in [4.78, 5) is 4.62. The van der Waals surface area contributed by atoms with Crippen LogP contribution in [-0.4, -0.2) is 16.1 Å². The number of fused-ring (bicyclic) bond motifs is 1. The van der Waals surface area contributed by atoms with E-state index in [4.69, 9.17) is 5.73 Å². The van der Waals surface area contributed by atoms with Crippen molar-refractivity contribution in [2.45, 2.75) is 44.6 Å². The molecule has 20 heavy (non-hydrogen) atoms. The molecule has 106 valence electrons. The second kappa shape index (κ2) is 4.29. The lowest BCUT2D eigenvalue weighted by atomic mass is 9.66. The van der Waals surface area contributed by atoms with Crippen molar-refractivity contribution in [1.82, 2.24) is 9.55 Å². The minimum atomic E-state index is -0.210. The standard InChI is InChI=1S/C16H20FN3/c17-12-3-1-4-13-15(12)19-14(20(13)11-5-6-11)9-16(10-18)7-2-8-16/h1,3-4,11H,2,5-10,18H2. The Labute approximate surface area is 118 Å². The average Bonchev–Trinajstić information content (AvgIpc) is 3.16. The SMILES string of the molecule is NCC1(Cc2nc3c(F)cccc3n2C2CC2)CCC1. The van der Waals surface area contributed by atoms with Gasteiger partial charge in [0.1, 0.15) is 11.3 Å². The number of hydrogen-bond donors (Lipinski definition) is 1. The van der Waals surface area contributed by atoms with E-state index in [-0.39, 0.29) is 11.2 Å². The summed E-state index contributed by atoms with van der Waals surface area (Å²) in [5, 5.41) is 0. The molecule has 2 saturated carbocycles. The first-order valence-electron chi connectivity index (χ1n) is 7.58. The van der Waals surface area contributed by atoms with E-state index in [1.807, 2.05) is 6.07 Å². The van der Waals surface area contributed by atoms with E-state index in [9.17, 15) is 4.39 Å². The summed E-state index contributed by atoms with van der Waals surface area (Å²) in [5.74, 6) is 0.830. The molecule has 3 nitrogen and oxygen atoms in total. The lowest BCUT2D eigenvalue weighted by molar-refractivity contribution is 0.140. The van der Waals surface area contributed by atoms with Crippen LogP contribution in [0.3, 0.4) is 0 Å². The van der Waals surface area contributed by atoms with E-state index in [2.05, 4.69) is 9.55 Å². The third-order valence-corrected chi connectivity index (χ3v) is 5.04. The van der Waals surface area contributed by atoms with E-state index < -0.39 is 0 Å². The van der Waals surface area contributed by atoms with E-state index in [1.165, 1.54) is 38.2 Å². The van der Waals surface area contributed by atoms with Crippen LogP contribution in [0.4, 0.5) is 4.39 Å². The van der Waals surface area contributed by atoms with E-state index in [1.54, 1.807) is 6.07 Å². The largest absolute Gasteiger partial charge is 0.330 e. The number of nitrogens with two attached hydrogens (primary N) is 1. The maximum atomic E-state index is 14.0. The van der Waals surface area contributed by atoms with Crippen LogP contribution in [0.25, 0.3) is 11.0 Å². The Morgan fingerprint density at radius 2 is 2.15 bits per heavy atom. The van der Waals surface area contributed by atoms with E-state index in [0.717, 1.165) is 17.8 Å². The highest BCUT2D eigenvalue weighted by Gasteiger charge is 2.38. The van der Waals surface area contributed by atoms with Gasteiger partial charge < -0.3 is 10.3 Å². The molecular formula is C16H20FN3. The average molecular weight is 273 g/mol. The monoisotopic (exact) mass is 273 g/mol. The molecule has 0 spiro atoms. The number of rotatable bonds is 4. The summed E-state index contributed by atoms with van der Waals surface area (Å²) in [5.41, 5.74) is 7.67. The topological polar surface area (TPSA) is 43.8 Å².